The Morgan fingerprint density at radius 3 is 2.55 bits per heavy atom. The molecule has 3 heterocycles. The van der Waals surface area contributed by atoms with E-state index in [1.807, 2.05) is 19.2 Å². The summed E-state index contributed by atoms with van der Waals surface area (Å²) in [4.78, 5) is 16.3. The highest BCUT2D eigenvalue weighted by Crippen LogP contribution is 2.38. The maximum absolute atomic E-state index is 12.7. The number of nitrogens with zero attached hydrogens (tertiary/aromatic N) is 1. The largest absolute Gasteiger partial charge is 0.389 e. The van der Waals surface area contributed by atoms with Gasteiger partial charge in [-0.15, -0.1) is 0 Å². The van der Waals surface area contributed by atoms with Gasteiger partial charge >= 0.3 is 0 Å². The average Bonchev–Trinajstić information content (AvgIpc) is 3.10. The van der Waals surface area contributed by atoms with Crippen molar-refractivity contribution in [2.75, 3.05) is 13.1 Å². The molecule has 0 saturated carbocycles. The number of aliphatic hydroxyl groups is 1. The standard InChI is InChI=1S/C26H35N3O2/c1-16(2)23-21-13-19(18-8-10-27-11-9-18)6-7-22(21)28-24(23)20-12-17(3)25(30)29(14-20)15-26(4,5)31/h6-7,12-14,16,18,27-28,31H,8-11,15H2,1-5H3. The van der Waals surface area contributed by atoms with Gasteiger partial charge in [-0.3, -0.25) is 4.79 Å². The SMILES string of the molecule is Cc1cc(-c2[nH]c3ccc(C4CCNCC4)cc3c2C(C)C)cn(CC(C)(C)O)c1=O. The minimum atomic E-state index is -0.958. The van der Waals surface area contributed by atoms with Crippen molar-refractivity contribution in [2.24, 2.45) is 0 Å². The quantitative estimate of drug-likeness (QED) is 0.561. The molecule has 0 spiro atoms. The summed E-state index contributed by atoms with van der Waals surface area (Å²) in [6.07, 6.45) is 4.25. The molecule has 1 saturated heterocycles. The normalized spacial score (nSPS) is 15.8. The zero-order chi connectivity index (χ0) is 22.3. The summed E-state index contributed by atoms with van der Waals surface area (Å²) < 4.78 is 1.64. The minimum Gasteiger partial charge on any atom is -0.389 e. The number of aromatic amines is 1. The average molecular weight is 422 g/mol. The zero-order valence-corrected chi connectivity index (χ0v) is 19.4. The van der Waals surface area contributed by atoms with Crippen LogP contribution in [0.15, 0.2) is 35.3 Å². The highest BCUT2D eigenvalue weighted by molar-refractivity contribution is 5.92. The Morgan fingerprint density at radius 2 is 1.90 bits per heavy atom. The van der Waals surface area contributed by atoms with Gasteiger partial charge in [-0.05, 0) is 87.9 Å². The molecule has 166 valence electrons. The molecule has 0 unspecified atom stereocenters. The Balaban J connectivity index is 1.86. The number of piperidine rings is 1. The van der Waals surface area contributed by atoms with E-state index in [2.05, 4.69) is 42.3 Å². The van der Waals surface area contributed by atoms with Crippen molar-refractivity contribution in [3.63, 3.8) is 0 Å². The lowest BCUT2D eigenvalue weighted by atomic mass is 9.88. The lowest BCUT2D eigenvalue weighted by Crippen LogP contribution is -2.33. The van der Waals surface area contributed by atoms with E-state index < -0.39 is 5.60 Å². The number of rotatable bonds is 5. The number of nitrogens with one attached hydrogen (secondary N) is 2. The van der Waals surface area contributed by atoms with Gasteiger partial charge in [0.15, 0.2) is 0 Å². The predicted octanol–water partition coefficient (Wildman–Crippen LogP) is 4.67. The highest BCUT2D eigenvalue weighted by atomic mass is 16.3. The van der Waals surface area contributed by atoms with Crippen LogP contribution in [0.3, 0.4) is 0 Å². The molecular formula is C26H35N3O2. The number of benzene rings is 1. The molecule has 31 heavy (non-hydrogen) atoms. The molecule has 1 aliphatic heterocycles. The maximum atomic E-state index is 12.7. The summed E-state index contributed by atoms with van der Waals surface area (Å²) in [6, 6.07) is 8.82. The summed E-state index contributed by atoms with van der Waals surface area (Å²) in [7, 11) is 0. The molecule has 3 N–H and O–H groups in total. The Labute approximate surface area is 184 Å². The molecule has 4 rings (SSSR count). The molecule has 0 atom stereocenters. The number of aryl methyl sites for hydroxylation is 1. The molecule has 5 heteroatoms. The number of fused-ring (bicyclic) bond motifs is 1. The van der Waals surface area contributed by atoms with Crippen molar-refractivity contribution in [1.82, 2.24) is 14.9 Å². The molecule has 2 aromatic heterocycles. The minimum absolute atomic E-state index is 0.0544. The third kappa shape index (κ3) is 4.48. The van der Waals surface area contributed by atoms with Crippen molar-refractivity contribution < 1.29 is 5.11 Å². The second-order valence-corrected chi connectivity index (χ2v) is 10.1. The van der Waals surface area contributed by atoms with Gasteiger partial charge in [-0.1, -0.05) is 19.9 Å². The van der Waals surface area contributed by atoms with Gasteiger partial charge in [0.1, 0.15) is 0 Å². The van der Waals surface area contributed by atoms with Crippen LogP contribution in [0.1, 0.15) is 69.1 Å². The topological polar surface area (TPSA) is 70.1 Å². The molecule has 1 fully saturated rings. The summed E-state index contributed by atoms with van der Waals surface area (Å²) in [6.45, 7) is 12.2. The molecular weight excluding hydrogens is 386 g/mol. The number of hydrogen-bond acceptors (Lipinski definition) is 3. The van der Waals surface area contributed by atoms with Crippen molar-refractivity contribution in [3.05, 3.63) is 57.5 Å². The summed E-state index contributed by atoms with van der Waals surface area (Å²) in [5, 5.41) is 15.0. The summed E-state index contributed by atoms with van der Waals surface area (Å²) in [5.41, 5.74) is 5.58. The van der Waals surface area contributed by atoms with E-state index in [0.29, 0.717) is 17.4 Å². The second kappa shape index (κ2) is 8.29. The van der Waals surface area contributed by atoms with E-state index in [1.54, 1.807) is 18.4 Å². The first kappa shape index (κ1) is 21.8. The third-order valence-corrected chi connectivity index (χ3v) is 6.36. The van der Waals surface area contributed by atoms with Gasteiger partial charge in [-0.25, -0.2) is 0 Å². The monoisotopic (exact) mass is 421 g/mol. The van der Waals surface area contributed by atoms with Crippen LogP contribution in [0, 0.1) is 6.92 Å². The number of hydrogen-bond donors (Lipinski definition) is 3. The fourth-order valence-electron chi connectivity index (χ4n) is 4.92. The second-order valence-electron chi connectivity index (χ2n) is 10.1. The van der Waals surface area contributed by atoms with Gasteiger partial charge < -0.3 is 20.0 Å². The van der Waals surface area contributed by atoms with Crippen LogP contribution in [0.25, 0.3) is 22.2 Å². The molecule has 0 aliphatic carbocycles. The van der Waals surface area contributed by atoms with Crippen molar-refractivity contribution in [1.29, 1.82) is 0 Å². The summed E-state index contributed by atoms with van der Waals surface area (Å²) >= 11 is 0. The molecule has 5 nitrogen and oxygen atoms in total. The van der Waals surface area contributed by atoms with Crippen LogP contribution in [0.4, 0.5) is 0 Å². The van der Waals surface area contributed by atoms with Crippen molar-refractivity contribution in [2.45, 2.75) is 71.4 Å². The first-order valence-corrected chi connectivity index (χ1v) is 11.4. The molecule has 1 aromatic carbocycles. The van der Waals surface area contributed by atoms with Crippen LogP contribution in [-0.2, 0) is 6.54 Å². The maximum Gasteiger partial charge on any atom is 0.253 e. The van der Waals surface area contributed by atoms with Crippen molar-refractivity contribution in [3.8, 4) is 11.3 Å². The van der Waals surface area contributed by atoms with E-state index in [9.17, 15) is 9.90 Å². The Bertz CT molecular complexity index is 1140. The van der Waals surface area contributed by atoms with Crippen LogP contribution in [0.5, 0.6) is 0 Å². The molecule has 0 amide bonds. The first-order chi connectivity index (χ1) is 14.6. The zero-order valence-electron chi connectivity index (χ0n) is 19.4. The van der Waals surface area contributed by atoms with Crippen LogP contribution in [-0.4, -0.2) is 33.3 Å². The van der Waals surface area contributed by atoms with Crippen molar-refractivity contribution >= 4 is 10.9 Å². The lowest BCUT2D eigenvalue weighted by molar-refractivity contribution is 0.0604. The van der Waals surface area contributed by atoms with Crippen LogP contribution in [0.2, 0.25) is 0 Å². The van der Waals surface area contributed by atoms with Gasteiger partial charge in [0.05, 0.1) is 17.8 Å². The predicted molar refractivity (Wildman–Crippen MR) is 128 cm³/mol. The van der Waals surface area contributed by atoms with E-state index in [0.717, 1.165) is 29.9 Å². The van der Waals surface area contributed by atoms with E-state index in [4.69, 9.17) is 0 Å². The molecule has 3 aromatic rings. The Hall–Kier alpha value is -2.37. The number of aromatic nitrogens is 2. The Morgan fingerprint density at radius 1 is 1.19 bits per heavy atom. The third-order valence-electron chi connectivity index (χ3n) is 6.36. The van der Waals surface area contributed by atoms with E-state index in [-0.39, 0.29) is 12.1 Å². The van der Waals surface area contributed by atoms with E-state index >= 15 is 0 Å². The van der Waals surface area contributed by atoms with Crippen LogP contribution < -0.4 is 10.9 Å². The lowest BCUT2D eigenvalue weighted by Gasteiger charge is -2.23. The molecule has 1 aliphatic rings. The number of H-pyrrole nitrogens is 1. The molecule has 0 bridgehead atoms. The van der Waals surface area contributed by atoms with Gasteiger partial charge in [0, 0.05) is 28.2 Å². The number of pyridine rings is 1. The fraction of sp³-hybridized carbons (Fsp3) is 0.500. The van der Waals surface area contributed by atoms with Gasteiger partial charge in [0.2, 0.25) is 0 Å². The molecule has 0 radical (unpaired) electrons. The fourth-order valence-corrected chi connectivity index (χ4v) is 4.92. The first-order valence-electron chi connectivity index (χ1n) is 11.4. The smallest absolute Gasteiger partial charge is 0.253 e. The van der Waals surface area contributed by atoms with Crippen LogP contribution >= 0.6 is 0 Å². The van der Waals surface area contributed by atoms with E-state index in [1.165, 1.54) is 29.4 Å². The highest BCUT2D eigenvalue weighted by Gasteiger charge is 2.22. The Kier molecular flexibility index (Phi) is 5.84. The van der Waals surface area contributed by atoms with Gasteiger partial charge in [-0.2, -0.15) is 0 Å². The van der Waals surface area contributed by atoms with Gasteiger partial charge in [0.25, 0.3) is 5.56 Å². The summed E-state index contributed by atoms with van der Waals surface area (Å²) in [5.74, 6) is 0.946.